The molecule has 2 heterocycles. The maximum absolute atomic E-state index is 10.7. The zero-order valence-corrected chi connectivity index (χ0v) is 11.7. The van der Waals surface area contributed by atoms with Crippen LogP contribution in [0.3, 0.4) is 0 Å². The van der Waals surface area contributed by atoms with E-state index in [2.05, 4.69) is 15.3 Å². The van der Waals surface area contributed by atoms with Crippen molar-refractivity contribution in [1.29, 1.82) is 0 Å². The first-order chi connectivity index (χ1) is 10.1. The molecule has 8 heteroatoms. The predicted octanol–water partition coefficient (Wildman–Crippen LogP) is 1.87. The maximum atomic E-state index is 10.7. The van der Waals surface area contributed by atoms with Crippen LogP contribution in [0, 0.1) is 10.1 Å². The molecule has 1 spiro atoms. The van der Waals surface area contributed by atoms with Gasteiger partial charge in [0.25, 0.3) is 0 Å². The summed E-state index contributed by atoms with van der Waals surface area (Å²) in [5.41, 5.74) is 5.32. The topological polar surface area (TPSA) is 116 Å². The highest BCUT2D eigenvalue weighted by molar-refractivity contribution is 5.53. The fraction of sp³-hybridized carbons (Fsp3) is 0.692. The van der Waals surface area contributed by atoms with Crippen LogP contribution in [-0.2, 0) is 4.74 Å². The van der Waals surface area contributed by atoms with Gasteiger partial charge in [0.15, 0.2) is 0 Å². The summed E-state index contributed by atoms with van der Waals surface area (Å²) in [6.45, 7) is 0.722. The fourth-order valence-electron chi connectivity index (χ4n) is 3.30. The number of hydrogen-bond acceptors (Lipinski definition) is 7. The molecule has 1 aromatic rings. The van der Waals surface area contributed by atoms with Crippen molar-refractivity contribution in [2.75, 3.05) is 17.7 Å². The lowest BCUT2D eigenvalue weighted by Gasteiger charge is -2.38. The van der Waals surface area contributed by atoms with E-state index in [1.165, 1.54) is 12.8 Å². The van der Waals surface area contributed by atoms with Gasteiger partial charge in [0, 0.05) is 12.6 Å². The number of nitrogens with zero attached hydrogens (tertiary/aromatic N) is 3. The number of nitrogen functional groups attached to an aromatic ring is 1. The van der Waals surface area contributed by atoms with Gasteiger partial charge in [-0.1, -0.05) is 12.8 Å². The second-order valence-corrected chi connectivity index (χ2v) is 5.79. The summed E-state index contributed by atoms with van der Waals surface area (Å²) in [5, 5.41) is 13.9. The quantitative estimate of drug-likeness (QED) is 0.645. The van der Waals surface area contributed by atoms with Crippen molar-refractivity contribution in [1.82, 2.24) is 9.97 Å². The highest BCUT2D eigenvalue weighted by atomic mass is 16.6. The molecule has 1 saturated carbocycles. The van der Waals surface area contributed by atoms with Crippen molar-refractivity contribution >= 4 is 17.5 Å². The molecule has 1 atom stereocenters. The van der Waals surface area contributed by atoms with E-state index in [4.69, 9.17) is 10.5 Å². The second kappa shape index (κ2) is 5.44. The van der Waals surface area contributed by atoms with Gasteiger partial charge in [0.2, 0.25) is 11.8 Å². The molecule has 1 saturated heterocycles. The van der Waals surface area contributed by atoms with Crippen molar-refractivity contribution in [2.24, 2.45) is 0 Å². The van der Waals surface area contributed by atoms with Crippen molar-refractivity contribution in [2.45, 2.75) is 50.2 Å². The third-order valence-corrected chi connectivity index (χ3v) is 4.34. The van der Waals surface area contributed by atoms with Gasteiger partial charge in [0.1, 0.15) is 6.20 Å². The smallest absolute Gasteiger partial charge is 0.329 e. The Labute approximate surface area is 122 Å². The first kappa shape index (κ1) is 14.0. The van der Waals surface area contributed by atoms with Crippen molar-refractivity contribution in [3.63, 3.8) is 0 Å². The summed E-state index contributed by atoms with van der Waals surface area (Å²) in [6.07, 6.45) is 7.59. The molecule has 0 bridgehead atoms. The molecule has 1 aromatic heterocycles. The minimum absolute atomic E-state index is 0.00222. The summed E-state index contributed by atoms with van der Waals surface area (Å²) in [5.74, 6) is 0.235. The predicted molar refractivity (Wildman–Crippen MR) is 76.9 cm³/mol. The second-order valence-electron chi connectivity index (χ2n) is 5.79. The van der Waals surface area contributed by atoms with E-state index in [9.17, 15) is 10.1 Å². The first-order valence-electron chi connectivity index (χ1n) is 7.25. The summed E-state index contributed by atoms with van der Waals surface area (Å²) in [4.78, 5) is 18.1. The van der Waals surface area contributed by atoms with E-state index < -0.39 is 4.92 Å². The van der Waals surface area contributed by atoms with E-state index in [1.807, 2.05) is 0 Å². The van der Waals surface area contributed by atoms with E-state index >= 15 is 0 Å². The van der Waals surface area contributed by atoms with Crippen LogP contribution in [0.5, 0.6) is 0 Å². The molecule has 1 aliphatic carbocycles. The number of ether oxygens (including phenoxy) is 1. The number of anilines is 2. The van der Waals surface area contributed by atoms with Crippen molar-refractivity contribution in [3.8, 4) is 0 Å². The average molecular weight is 293 g/mol. The highest BCUT2D eigenvalue weighted by Crippen LogP contribution is 2.40. The average Bonchev–Trinajstić information content (AvgIpc) is 2.86. The van der Waals surface area contributed by atoms with Gasteiger partial charge in [-0.3, -0.25) is 10.1 Å². The van der Waals surface area contributed by atoms with Crippen molar-refractivity contribution in [3.05, 3.63) is 16.3 Å². The zero-order valence-electron chi connectivity index (χ0n) is 11.7. The molecule has 21 heavy (non-hydrogen) atoms. The third kappa shape index (κ3) is 2.90. The van der Waals surface area contributed by atoms with Crippen LogP contribution in [0.1, 0.15) is 38.5 Å². The SMILES string of the molecule is Nc1nc(NC2CCOC3(CCCC3)C2)ncc1[N+](=O)[O-]. The Balaban J connectivity index is 1.68. The van der Waals surface area contributed by atoms with Crippen LogP contribution in [0.4, 0.5) is 17.5 Å². The molecule has 2 fully saturated rings. The number of hydrogen-bond donors (Lipinski definition) is 2. The zero-order chi connectivity index (χ0) is 14.9. The lowest BCUT2D eigenvalue weighted by atomic mass is 9.89. The number of nitrogens with one attached hydrogen (secondary N) is 1. The van der Waals surface area contributed by atoms with Crippen LogP contribution in [0.25, 0.3) is 0 Å². The van der Waals surface area contributed by atoms with Crippen LogP contribution >= 0.6 is 0 Å². The van der Waals surface area contributed by atoms with Crippen LogP contribution in [0.15, 0.2) is 6.20 Å². The Hall–Kier alpha value is -1.96. The molecule has 2 aliphatic rings. The standard InChI is InChI=1S/C13H19N5O3/c14-11-10(18(19)20)8-15-12(17-11)16-9-3-6-21-13(7-9)4-1-2-5-13/h8-9H,1-7H2,(H3,14,15,16,17). The molecule has 0 amide bonds. The molecule has 8 nitrogen and oxygen atoms in total. The van der Waals surface area contributed by atoms with Gasteiger partial charge in [-0.25, -0.2) is 4.98 Å². The first-order valence-corrected chi connectivity index (χ1v) is 7.25. The minimum atomic E-state index is -0.582. The van der Waals surface area contributed by atoms with Gasteiger partial charge in [0.05, 0.1) is 10.5 Å². The van der Waals surface area contributed by atoms with E-state index in [1.54, 1.807) is 0 Å². The van der Waals surface area contributed by atoms with E-state index in [0.717, 1.165) is 38.5 Å². The Morgan fingerprint density at radius 1 is 1.48 bits per heavy atom. The minimum Gasteiger partial charge on any atom is -0.378 e. The normalized spacial score (nSPS) is 24.1. The number of nitrogens with two attached hydrogens (primary N) is 1. The lowest BCUT2D eigenvalue weighted by Crippen LogP contribution is -2.42. The number of rotatable bonds is 3. The van der Waals surface area contributed by atoms with Crippen LogP contribution in [0.2, 0.25) is 0 Å². The fourth-order valence-corrected chi connectivity index (χ4v) is 3.30. The largest absolute Gasteiger partial charge is 0.378 e. The molecule has 0 aromatic carbocycles. The lowest BCUT2D eigenvalue weighted by molar-refractivity contribution is -0.384. The highest BCUT2D eigenvalue weighted by Gasteiger charge is 2.40. The monoisotopic (exact) mass is 293 g/mol. The molecular formula is C13H19N5O3. The van der Waals surface area contributed by atoms with Gasteiger partial charge < -0.3 is 15.8 Å². The Morgan fingerprint density at radius 2 is 2.24 bits per heavy atom. The Morgan fingerprint density at radius 3 is 2.90 bits per heavy atom. The van der Waals surface area contributed by atoms with Crippen LogP contribution < -0.4 is 11.1 Å². The summed E-state index contributed by atoms with van der Waals surface area (Å²) >= 11 is 0. The Kier molecular flexibility index (Phi) is 3.62. The van der Waals surface area contributed by atoms with Crippen LogP contribution in [-0.4, -0.2) is 33.1 Å². The van der Waals surface area contributed by atoms with Gasteiger partial charge >= 0.3 is 5.69 Å². The molecule has 0 radical (unpaired) electrons. The number of aromatic nitrogens is 2. The molecule has 3 N–H and O–H groups in total. The molecule has 1 aliphatic heterocycles. The van der Waals surface area contributed by atoms with E-state index in [0.29, 0.717) is 5.95 Å². The van der Waals surface area contributed by atoms with E-state index in [-0.39, 0.29) is 23.1 Å². The van der Waals surface area contributed by atoms with Gasteiger partial charge in [-0.15, -0.1) is 0 Å². The summed E-state index contributed by atoms with van der Waals surface area (Å²) < 4.78 is 5.97. The molecule has 114 valence electrons. The van der Waals surface area contributed by atoms with Crippen molar-refractivity contribution < 1.29 is 9.66 Å². The molecular weight excluding hydrogens is 274 g/mol. The van der Waals surface area contributed by atoms with Gasteiger partial charge in [-0.05, 0) is 25.7 Å². The number of nitro groups is 1. The Bertz CT molecular complexity index is 545. The molecule has 1 unspecified atom stereocenters. The van der Waals surface area contributed by atoms with Gasteiger partial charge in [-0.2, -0.15) is 4.98 Å². The molecule has 3 rings (SSSR count). The maximum Gasteiger partial charge on any atom is 0.329 e. The third-order valence-electron chi connectivity index (χ3n) is 4.34. The summed E-state index contributed by atoms with van der Waals surface area (Å²) in [7, 11) is 0. The summed E-state index contributed by atoms with van der Waals surface area (Å²) in [6, 6.07) is 0.220.